The highest BCUT2D eigenvalue weighted by molar-refractivity contribution is 7.86. The van der Waals surface area contributed by atoms with E-state index < -0.39 is 16.0 Å². The number of amides is 1. The number of carbonyl (C=O) groups excluding carboxylic acids is 1. The van der Waals surface area contributed by atoms with Crippen LogP contribution in [0.4, 0.5) is 5.69 Å². The van der Waals surface area contributed by atoms with Crippen molar-refractivity contribution in [3.05, 3.63) is 23.8 Å². The number of carbonyl (C=O) groups is 1. The maximum atomic E-state index is 12.4. The van der Waals surface area contributed by atoms with Crippen LogP contribution in [0, 0.1) is 6.92 Å². The molecule has 1 rings (SSSR count). The molecule has 0 aliphatic heterocycles. The topological polar surface area (TPSA) is 72.2 Å². The molecule has 4 nitrogen and oxygen atoms in total. The third-order valence-corrected chi connectivity index (χ3v) is 4.97. The number of rotatable bonds is 5. The summed E-state index contributed by atoms with van der Waals surface area (Å²) in [6.07, 6.45) is 0.850. The highest BCUT2D eigenvalue weighted by Crippen LogP contribution is 2.21. The Morgan fingerprint density at radius 2 is 2.05 bits per heavy atom. The maximum Gasteiger partial charge on any atom is 0.236 e. The molecule has 0 fully saturated rings. The Balaban J connectivity index is 2.88. The van der Waals surface area contributed by atoms with Crippen LogP contribution in [-0.4, -0.2) is 21.4 Å². The number of nitrogens with two attached hydrogens (primary N) is 1. The summed E-state index contributed by atoms with van der Waals surface area (Å²) in [6, 6.07) is 5.37. The largest absolute Gasteiger partial charge is 0.398 e. The fourth-order valence-corrected chi connectivity index (χ4v) is 2.88. The summed E-state index contributed by atoms with van der Waals surface area (Å²) < 4.78 is 12.4. The van der Waals surface area contributed by atoms with E-state index in [1.54, 1.807) is 25.1 Å². The summed E-state index contributed by atoms with van der Waals surface area (Å²) in [4.78, 5) is 12.6. The number of nitrogens with one attached hydrogen (secondary N) is 1. The first kappa shape index (κ1) is 15.7. The van der Waals surface area contributed by atoms with Crippen LogP contribution in [0.2, 0.25) is 0 Å². The van der Waals surface area contributed by atoms with Gasteiger partial charge in [-0.25, -0.2) is 0 Å². The molecular formula is C14H22N2O2S. The highest BCUT2D eigenvalue weighted by atomic mass is 32.2. The van der Waals surface area contributed by atoms with E-state index in [-0.39, 0.29) is 11.9 Å². The molecule has 0 bridgehead atoms. The smallest absolute Gasteiger partial charge is 0.236 e. The van der Waals surface area contributed by atoms with Crippen molar-refractivity contribution in [2.75, 3.05) is 5.73 Å². The van der Waals surface area contributed by atoms with Gasteiger partial charge in [0.1, 0.15) is 5.25 Å². The number of anilines is 1. The molecule has 0 aliphatic rings. The zero-order valence-corrected chi connectivity index (χ0v) is 12.7. The van der Waals surface area contributed by atoms with Gasteiger partial charge in [-0.1, -0.05) is 13.0 Å². The van der Waals surface area contributed by atoms with Crippen molar-refractivity contribution in [1.82, 2.24) is 5.32 Å². The average Bonchev–Trinajstić information content (AvgIpc) is 2.39. The molecule has 0 spiro atoms. The third kappa shape index (κ3) is 3.80. The van der Waals surface area contributed by atoms with Gasteiger partial charge in [-0.2, -0.15) is 0 Å². The quantitative estimate of drug-likeness (QED) is 0.811. The molecule has 3 unspecified atom stereocenters. The zero-order valence-electron chi connectivity index (χ0n) is 11.9. The van der Waals surface area contributed by atoms with Gasteiger partial charge in [-0.05, 0) is 44.9 Å². The molecule has 3 N–H and O–H groups in total. The molecule has 1 aromatic carbocycles. The van der Waals surface area contributed by atoms with Crippen molar-refractivity contribution in [3.63, 3.8) is 0 Å². The summed E-state index contributed by atoms with van der Waals surface area (Å²) in [5, 5.41) is 2.26. The maximum absolute atomic E-state index is 12.4. The number of nitrogen functional groups attached to an aromatic ring is 1. The van der Waals surface area contributed by atoms with Gasteiger partial charge in [-0.15, -0.1) is 0 Å². The minimum Gasteiger partial charge on any atom is -0.398 e. The minimum absolute atomic E-state index is 0.0916. The van der Waals surface area contributed by atoms with Crippen molar-refractivity contribution in [2.45, 2.75) is 50.3 Å². The van der Waals surface area contributed by atoms with Gasteiger partial charge in [-0.3, -0.25) is 9.00 Å². The van der Waals surface area contributed by atoms with Gasteiger partial charge in [0.25, 0.3) is 0 Å². The first-order valence-corrected chi connectivity index (χ1v) is 7.65. The van der Waals surface area contributed by atoms with Gasteiger partial charge in [0, 0.05) is 16.6 Å². The molecule has 0 aliphatic carbocycles. The van der Waals surface area contributed by atoms with E-state index in [2.05, 4.69) is 5.32 Å². The van der Waals surface area contributed by atoms with Crippen LogP contribution >= 0.6 is 0 Å². The normalized spacial score (nSPS) is 15.6. The monoisotopic (exact) mass is 282 g/mol. The van der Waals surface area contributed by atoms with Crippen LogP contribution in [0.15, 0.2) is 23.1 Å². The van der Waals surface area contributed by atoms with Gasteiger partial charge in [0.2, 0.25) is 5.91 Å². The van der Waals surface area contributed by atoms with E-state index in [9.17, 15) is 9.00 Å². The van der Waals surface area contributed by atoms with E-state index in [1.165, 1.54) is 0 Å². The molecule has 0 saturated heterocycles. The van der Waals surface area contributed by atoms with Crippen molar-refractivity contribution in [1.29, 1.82) is 0 Å². The molecular weight excluding hydrogens is 260 g/mol. The third-order valence-electron chi connectivity index (χ3n) is 3.23. The number of benzene rings is 1. The second-order valence-corrected chi connectivity index (χ2v) is 6.47. The minimum atomic E-state index is -1.39. The lowest BCUT2D eigenvalue weighted by Gasteiger charge is -2.17. The van der Waals surface area contributed by atoms with Crippen molar-refractivity contribution in [2.24, 2.45) is 0 Å². The van der Waals surface area contributed by atoms with E-state index in [0.29, 0.717) is 10.6 Å². The number of hydrogen-bond acceptors (Lipinski definition) is 3. The lowest BCUT2D eigenvalue weighted by atomic mass is 10.2. The number of hydrogen-bond donors (Lipinski definition) is 2. The Labute approximate surface area is 117 Å². The molecule has 0 aromatic heterocycles. The molecule has 0 saturated carbocycles. The van der Waals surface area contributed by atoms with Gasteiger partial charge in [0.15, 0.2) is 0 Å². The van der Waals surface area contributed by atoms with Gasteiger partial charge < -0.3 is 11.1 Å². The lowest BCUT2D eigenvalue weighted by molar-refractivity contribution is -0.120. The van der Waals surface area contributed by atoms with Crippen molar-refractivity contribution in [3.8, 4) is 0 Å². The summed E-state index contributed by atoms with van der Waals surface area (Å²) >= 11 is 0. The summed E-state index contributed by atoms with van der Waals surface area (Å²) in [5.41, 5.74) is 7.18. The summed E-state index contributed by atoms with van der Waals surface area (Å²) in [5.74, 6) is -0.186. The standard InChI is InChI=1S/C14H22N2O2S/c1-5-9(2)16-14(17)11(4)19(18)13-8-6-7-12(15)10(13)3/h6-9,11H,5,15H2,1-4H3,(H,16,17). The molecule has 0 radical (unpaired) electrons. The summed E-state index contributed by atoms with van der Waals surface area (Å²) in [7, 11) is -1.39. The molecule has 1 aromatic rings. The summed E-state index contributed by atoms with van der Waals surface area (Å²) in [6.45, 7) is 7.42. The van der Waals surface area contributed by atoms with E-state index in [0.717, 1.165) is 12.0 Å². The predicted molar refractivity (Wildman–Crippen MR) is 79.4 cm³/mol. The van der Waals surface area contributed by atoms with Crippen molar-refractivity contribution >= 4 is 22.4 Å². The average molecular weight is 282 g/mol. The zero-order chi connectivity index (χ0) is 14.6. The Morgan fingerprint density at radius 1 is 1.42 bits per heavy atom. The molecule has 5 heteroatoms. The van der Waals surface area contributed by atoms with Crippen molar-refractivity contribution < 1.29 is 9.00 Å². The van der Waals surface area contributed by atoms with Crippen LogP contribution in [-0.2, 0) is 15.6 Å². The fraction of sp³-hybridized carbons (Fsp3) is 0.500. The van der Waals surface area contributed by atoms with Crippen LogP contribution in [0.25, 0.3) is 0 Å². The van der Waals surface area contributed by atoms with Gasteiger partial charge in [0.05, 0.1) is 10.8 Å². The van der Waals surface area contributed by atoms with Crippen LogP contribution < -0.4 is 11.1 Å². The first-order chi connectivity index (χ1) is 8.88. The predicted octanol–water partition coefficient (Wildman–Crippen LogP) is 1.99. The Kier molecular flexibility index (Phi) is 5.54. The Morgan fingerprint density at radius 3 is 2.63 bits per heavy atom. The Bertz CT molecular complexity index is 488. The second-order valence-electron chi connectivity index (χ2n) is 4.73. The van der Waals surface area contributed by atoms with Crippen LogP contribution in [0.3, 0.4) is 0 Å². The first-order valence-electron chi connectivity index (χ1n) is 6.44. The molecule has 106 valence electrons. The van der Waals surface area contributed by atoms with E-state index in [4.69, 9.17) is 5.73 Å². The molecule has 1 amide bonds. The van der Waals surface area contributed by atoms with E-state index >= 15 is 0 Å². The Hall–Kier alpha value is -1.36. The van der Waals surface area contributed by atoms with Crippen LogP contribution in [0.1, 0.15) is 32.8 Å². The van der Waals surface area contributed by atoms with E-state index in [1.807, 2.05) is 20.8 Å². The fourth-order valence-electron chi connectivity index (χ4n) is 1.60. The van der Waals surface area contributed by atoms with Crippen LogP contribution in [0.5, 0.6) is 0 Å². The molecule has 3 atom stereocenters. The van der Waals surface area contributed by atoms with Gasteiger partial charge >= 0.3 is 0 Å². The SMILES string of the molecule is CCC(C)NC(=O)C(C)S(=O)c1cccc(N)c1C. The second kappa shape index (κ2) is 6.70. The molecule has 0 heterocycles. The lowest BCUT2D eigenvalue weighted by Crippen LogP contribution is -2.40. The highest BCUT2D eigenvalue weighted by Gasteiger charge is 2.23. The molecule has 19 heavy (non-hydrogen) atoms.